The molecule has 0 saturated carbocycles. The minimum Gasteiger partial charge on any atom is -0.456 e. The zero-order valence-corrected chi connectivity index (χ0v) is 35.3. The molecule has 304 valence electrons. The van der Waals surface area contributed by atoms with Gasteiger partial charge in [0.2, 0.25) is 0 Å². The van der Waals surface area contributed by atoms with E-state index in [0.717, 1.165) is 83.1 Å². The Morgan fingerprint density at radius 3 is 1.38 bits per heavy atom. The first kappa shape index (κ1) is 38.0. The van der Waals surface area contributed by atoms with E-state index in [1.807, 2.05) is 6.07 Å². The van der Waals surface area contributed by atoms with E-state index in [0.29, 0.717) is 17.5 Å². The van der Waals surface area contributed by atoms with Gasteiger partial charge in [0.1, 0.15) is 11.2 Å². The third kappa shape index (κ3) is 7.23. The van der Waals surface area contributed by atoms with Crippen molar-refractivity contribution < 1.29 is 4.42 Å². The molecule has 12 aromatic rings. The number of rotatable bonds is 8. The highest BCUT2D eigenvalue weighted by Gasteiger charge is 2.19. The number of nitrogens with zero attached hydrogens (tertiary/aromatic N) is 3. The third-order valence-electron chi connectivity index (χ3n) is 12.4. The van der Waals surface area contributed by atoms with Gasteiger partial charge in [0.05, 0.1) is 0 Å². The largest absolute Gasteiger partial charge is 0.456 e. The molecule has 65 heavy (non-hydrogen) atoms. The number of furan rings is 1. The Kier molecular flexibility index (Phi) is 9.46. The van der Waals surface area contributed by atoms with Crippen molar-refractivity contribution in [1.82, 2.24) is 15.0 Å². The van der Waals surface area contributed by atoms with Gasteiger partial charge >= 0.3 is 0 Å². The molecule has 0 radical (unpaired) electrons. The molecule has 0 aliphatic carbocycles. The lowest BCUT2D eigenvalue weighted by Gasteiger charge is -2.14. The summed E-state index contributed by atoms with van der Waals surface area (Å²) in [6, 6.07) is 83.0. The van der Waals surface area contributed by atoms with E-state index in [2.05, 4.69) is 231 Å². The van der Waals surface area contributed by atoms with E-state index >= 15 is 0 Å². The van der Waals surface area contributed by atoms with Crippen LogP contribution in [-0.4, -0.2) is 15.0 Å². The van der Waals surface area contributed by atoms with Crippen LogP contribution in [0, 0.1) is 0 Å². The lowest BCUT2D eigenvalue weighted by Crippen LogP contribution is -2.00. The quantitative estimate of drug-likeness (QED) is 0.153. The molecular weight excluding hydrogens is 791 g/mol. The summed E-state index contributed by atoms with van der Waals surface area (Å²) in [5.41, 5.74) is 15.8. The molecule has 10 aromatic carbocycles. The highest BCUT2D eigenvalue weighted by molar-refractivity contribution is 6.14. The van der Waals surface area contributed by atoms with Gasteiger partial charge in [-0.25, -0.2) is 15.0 Å². The summed E-state index contributed by atoms with van der Waals surface area (Å²) in [5.74, 6) is 1.77. The van der Waals surface area contributed by atoms with Gasteiger partial charge < -0.3 is 4.42 Å². The zero-order chi connectivity index (χ0) is 43.1. The first-order chi connectivity index (χ1) is 32.2. The van der Waals surface area contributed by atoms with E-state index in [-0.39, 0.29) is 0 Å². The van der Waals surface area contributed by atoms with Crippen molar-refractivity contribution in [3.8, 4) is 89.8 Å². The fourth-order valence-electron chi connectivity index (χ4n) is 9.02. The molecule has 0 N–H and O–H groups in total. The van der Waals surface area contributed by atoms with Crippen LogP contribution in [0.3, 0.4) is 0 Å². The Bertz CT molecular complexity index is 3670. The van der Waals surface area contributed by atoms with Crippen LogP contribution in [0.5, 0.6) is 0 Å². The highest BCUT2D eigenvalue weighted by atomic mass is 16.3. The Labute approximate surface area is 376 Å². The van der Waals surface area contributed by atoms with Crippen LogP contribution in [0.15, 0.2) is 241 Å². The minimum absolute atomic E-state index is 0.571. The van der Waals surface area contributed by atoms with Gasteiger partial charge in [-0.1, -0.05) is 206 Å². The molecule has 0 amide bonds. The van der Waals surface area contributed by atoms with Crippen LogP contribution < -0.4 is 0 Å². The Balaban J connectivity index is 0.965. The Morgan fingerprint density at radius 1 is 0.246 bits per heavy atom. The number of hydrogen-bond donors (Lipinski definition) is 0. The molecule has 2 aromatic heterocycles. The number of fused-ring (bicyclic) bond motifs is 4. The fourth-order valence-corrected chi connectivity index (χ4v) is 9.02. The molecule has 0 aliphatic heterocycles. The molecule has 0 spiro atoms. The van der Waals surface area contributed by atoms with Crippen molar-refractivity contribution in [2.75, 3.05) is 0 Å². The summed E-state index contributed by atoms with van der Waals surface area (Å²) in [6.07, 6.45) is 0. The summed E-state index contributed by atoms with van der Waals surface area (Å²) in [4.78, 5) is 15.4. The molecule has 0 aliphatic rings. The normalized spacial score (nSPS) is 11.4. The lowest BCUT2D eigenvalue weighted by atomic mass is 9.89. The molecule has 0 unspecified atom stereocenters. The summed E-state index contributed by atoms with van der Waals surface area (Å²) < 4.78 is 6.71. The van der Waals surface area contributed by atoms with Gasteiger partial charge in [0.15, 0.2) is 17.5 Å². The monoisotopic (exact) mass is 829 g/mol. The molecule has 0 atom stereocenters. The smallest absolute Gasteiger partial charge is 0.164 e. The van der Waals surface area contributed by atoms with Gasteiger partial charge in [-0.2, -0.15) is 0 Å². The number of aromatic nitrogens is 3. The average molecular weight is 830 g/mol. The second-order valence-corrected chi connectivity index (χ2v) is 16.4. The van der Waals surface area contributed by atoms with Crippen molar-refractivity contribution in [3.05, 3.63) is 237 Å². The van der Waals surface area contributed by atoms with Crippen molar-refractivity contribution in [3.63, 3.8) is 0 Å². The Hall–Kier alpha value is -8.73. The molecule has 2 heterocycles. The lowest BCUT2D eigenvalue weighted by molar-refractivity contribution is 0.669. The van der Waals surface area contributed by atoms with Crippen LogP contribution in [-0.2, 0) is 0 Å². The van der Waals surface area contributed by atoms with Gasteiger partial charge in [-0.15, -0.1) is 0 Å². The molecular formula is C61H39N3O. The van der Waals surface area contributed by atoms with Crippen molar-refractivity contribution in [2.24, 2.45) is 0 Å². The summed E-state index contributed by atoms with van der Waals surface area (Å²) in [5, 5.41) is 4.54. The maximum Gasteiger partial charge on any atom is 0.164 e. The summed E-state index contributed by atoms with van der Waals surface area (Å²) in [7, 11) is 0. The second kappa shape index (κ2) is 16.2. The van der Waals surface area contributed by atoms with E-state index in [9.17, 15) is 0 Å². The van der Waals surface area contributed by atoms with Gasteiger partial charge in [0.25, 0.3) is 0 Å². The van der Waals surface area contributed by atoms with E-state index < -0.39 is 0 Å². The molecule has 4 nitrogen and oxygen atoms in total. The third-order valence-corrected chi connectivity index (χ3v) is 12.4. The van der Waals surface area contributed by atoms with E-state index in [1.54, 1.807) is 0 Å². The predicted octanol–water partition coefficient (Wildman–Crippen LogP) is 16.3. The predicted molar refractivity (Wildman–Crippen MR) is 268 cm³/mol. The highest BCUT2D eigenvalue weighted by Crippen LogP contribution is 2.43. The molecule has 0 fully saturated rings. The van der Waals surface area contributed by atoms with Crippen LogP contribution in [0.25, 0.3) is 123 Å². The van der Waals surface area contributed by atoms with Crippen LogP contribution in [0.4, 0.5) is 0 Å². The van der Waals surface area contributed by atoms with Crippen molar-refractivity contribution in [2.45, 2.75) is 0 Å². The number of benzene rings is 10. The van der Waals surface area contributed by atoms with Gasteiger partial charge in [-0.05, 0) is 96.7 Å². The van der Waals surface area contributed by atoms with Gasteiger partial charge in [-0.3, -0.25) is 0 Å². The standard InChI is InChI=1S/C61H39N3O/c1-4-13-40(14-5-1)43-23-28-46(29-24-43)59-62-60(47-30-25-44(26-31-47)49-32-27-42-17-10-11-20-48(42)37-49)64-61(63-59)51-34-36-54-57(39-51)65-56-22-12-21-53(58(54)56)52-35-33-50(41-15-6-2-7-16-41)38-55(52)45-18-8-3-9-19-45/h1-39H. The van der Waals surface area contributed by atoms with E-state index in [1.165, 1.54) is 21.9 Å². The first-order valence-corrected chi connectivity index (χ1v) is 21.9. The summed E-state index contributed by atoms with van der Waals surface area (Å²) in [6.45, 7) is 0. The SMILES string of the molecule is c1ccc(-c2ccc(-c3nc(-c4ccc(-c5ccc6ccccc6c5)cc4)nc(-c4ccc5c(c4)oc4cccc(-c6ccc(-c7ccccc7)cc6-c6ccccc6)c45)n3)cc2)cc1. The minimum atomic E-state index is 0.571. The molecule has 12 rings (SSSR count). The maximum absolute atomic E-state index is 6.71. The van der Waals surface area contributed by atoms with Crippen molar-refractivity contribution >= 4 is 32.7 Å². The fraction of sp³-hybridized carbons (Fsp3) is 0. The molecule has 4 heteroatoms. The van der Waals surface area contributed by atoms with Crippen LogP contribution >= 0.6 is 0 Å². The van der Waals surface area contributed by atoms with Crippen LogP contribution in [0.1, 0.15) is 0 Å². The zero-order valence-electron chi connectivity index (χ0n) is 35.3. The number of hydrogen-bond acceptors (Lipinski definition) is 4. The second-order valence-electron chi connectivity index (χ2n) is 16.4. The average Bonchev–Trinajstić information content (AvgIpc) is 3.77. The van der Waals surface area contributed by atoms with Gasteiger partial charge in [0, 0.05) is 27.5 Å². The molecule has 0 bridgehead atoms. The van der Waals surface area contributed by atoms with E-state index in [4.69, 9.17) is 19.4 Å². The van der Waals surface area contributed by atoms with Crippen molar-refractivity contribution in [1.29, 1.82) is 0 Å². The first-order valence-electron chi connectivity index (χ1n) is 21.9. The summed E-state index contributed by atoms with van der Waals surface area (Å²) >= 11 is 0. The molecule has 0 saturated heterocycles. The topological polar surface area (TPSA) is 51.8 Å². The Morgan fingerprint density at radius 2 is 0.723 bits per heavy atom. The maximum atomic E-state index is 6.71. The van der Waals surface area contributed by atoms with Crippen LogP contribution in [0.2, 0.25) is 0 Å².